The van der Waals surface area contributed by atoms with Crippen LogP contribution in [0.3, 0.4) is 0 Å². The number of hydrogen-bond donors (Lipinski definition) is 1. The number of sulfonamides is 1. The molecule has 8 heteroatoms. The van der Waals surface area contributed by atoms with E-state index in [0.29, 0.717) is 30.0 Å². The second-order valence-corrected chi connectivity index (χ2v) is 8.74. The smallest absolute Gasteiger partial charge is 0.240 e. The predicted octanol–water partition coefficient (Wildman–Crippen LogP) is 3.06. The largest absolute Gasteiger partial charge is 0.355 e. The van der Waals surface area contributed by atoms with Gasteiger partial charge in [0.15, 0.2) is 5.78 Å². The number of nitrogens with zero attached hydrogens (tertiary/aromatic N) is 1. The summed E-state index contributed by atoms with van der Waals surface area (Å²) in [6, 6.07) is 13.7. The summed E-state index contributed by atoms with van der Waals surface area (Å²) in [5, 5.41) is 3.41. The molecule has 0 aliphatic rings. The third-order valence-corrected chi connectivity index (χ3v) is 5.64. The Balaban J connectivity index is 1.97. The van der Waals surface area contributed by atoms with E-state index in [1.165, 1.54) is 13.0 Å². The summed E-state index contributed by atoms with van der Waals surface area (Å²) in [5.74, 6) is -0.600. The quantitative estimate of drug-likeness (QED) is 0.497. The summed E-state index contributed by atoms with van der Waals surface area (Å²) in [7, 11) is -3.69. The predicted molar refractivity (Wildman–Crippen MR) is 111 cm³/mol. The number of halogens is 1. The third kappa shape index (κ3) is 6.35. The molecule has 0 atom stereocenters. The molecule has 0 saturated carbocycles. The molecule has 6 nitrogen and oxygen atoms in total. The number of Topliss-reactive ketones (excluding diaryl/α,β-unsaturated/α-hetero) is 1. The van der Waals surface area contributed by atoms with Crippen molar-refractivity contribution in [2.45, 2.75) is 19.8 Å². The molecule has 0 aliphatic carbocycles. The zero-order valence-electron chi connectivity index (χ0n) is 15.8. The molecule has 28 heavy (non-hydrogen) atoms. The number of benzene rings is 2. The second-order valence-electron chi connectivity index (χ2n) is 6.42. The highest BCUT2D eigenvalue weighted by Gasteiger charge is 2.21. The van der Waals surface area contributed by atoms with Crippen LogP contribution in [0, 0.1) is 0 Å². The topological polar surface area (TPSA) is 83.6 Å². The van der Waals surface area contributed by atoms with Crippen LogP contribution in [-0.4, -0.2) is 39.5 Å². The molecular weight excluding hydrogens is 400 g/mol. The van der Waals surface area contributed by atoms with Crippen LogP contribution in [-0.2, 0) is 21.2 Å². The van der Waals surface area contributed by atoms with Gasteiger partial charge >= 0.3 is 0 Å². The molecule has 150 valence electrons. The first kappa shape index (κ1) is 21.9. The lowest BCUT2D eigenvalue weighted by Crippen LogP contribution is -2.40. The van der Waals surface area contributed by atoms with E-state index in [2.05, 4.69) is 5.32 Å². The number of hydrogen-bond acceptors (Lipinski definition) is 4. The molecule has 2 aromatic rings. The summed E-state index contributed by atoms with van der Waals surface area (Å²) in [5.41, 5.74) is 1.66. The van der Waals surface area contributed by atoms with Crippen LogP contribution >= 0.6 is 11.6 Å². The van der Waals surface area contributed by atoms with Gasteiger partial charge in [-0.1, -0.05) is 41.9 Å². The summed E-state index contributed by atoms with van der Waals surface area (Å²) >= 11 is 6.10. The van der Waals surface area contributed by atoms with Crippen LogP contribution in [0.25, 0.3) is 0 Å². The number of amides is 1. The van der Waals surface area contributed by atoms with Gasteiger partial charge < -0.3 is 5.32 Å². The molecule has 1 amide bonds. The van der Waals surface area contributed by atoms with Crippen LogP contribution in [0.15, 0.2) is 48.5 Å². The minimum Gasteiger partial charge on any atom is -0.355 e. The average Bonchev–Trinajstić information content (AvgIpc) is 2.63. The highest BCUT2D eigenvalue weighted by Crippen LogP contribution is 2.19. The lowest BCUT2D eigenvalue weighted by molar-refractivity contribution is -0.119. The molecule has 0 aliphatic heterocycles. The molecule has 0 bridgehead atoms. The SMILES string of the molecule is CC(=O)c1cccc(N(CC(=O)NCCCc2ccccc2Cl)S(C)(=O)=O)c1. The Hall–Kier alpha value is -2.38. The Kier molecular flexibility index (Phi) is 7.60. The zero-order chi connectivity index (χ0) is 20.7. The fraction of sp³-hybridized carbons (Fsp3) is 0.300. The minimum atomic E-state index is -3.69. The fourth-order valence-electron chi connectivity index (χ4n) is 2.67. The van der Waals surface area contributed by atoms with Crippen molar-refractivity contribution in [1.82, 2.24) is 5.32 Å². The summed E-state index contributed by atoms with van der Waals surface area (Å²) < 4.78 is 25.3. The van der Waals surface area contributed by atoms with Gasteiger partial charge in [0.1, 0.15) is 6.54 Å². The highest BCUT2D eigenvalue weighted by atomic mass is 35.5. The van der Waals surface area contributed by atoms with Crippen LogP contribution in [0.2, 0.25) is 5.02 Å². The first-order valence-corrected chi connectivity index (χ1v) is 11.0. The van der Waals surface area contributed by atoms with E-state index < -0.39 is 15.9 Å². The maximum Gasteiger partial charge on any atom is 0.240 e. The fourth-order valence-corrected chi connectivity index (χ4v) is 3.75. The number of ketones is 1. The molecule has 0 unspecified atom stereocenters. The number of rotatable bonds is 9. The molecule has 2 aromatic carbocycles. The van der Waals surface area contributed by atoms with Crippen molar-refractivity contribution in [3.05, 3.63) is 64.7 Å². The van der Waals surface area contributed by atoms with Gasteiger partial charge in [-0.05, 0) is 43.5 Å². The van der Waals surface area contributed by atoms with Crippen molar-refractivity contribution in [3.8, 4) is 0 Å². The van der Waals surface area contributed by atoms with Gasteiger partial charge in [-0.2, -0.15) is 0 Å². The molecular formula is C20H23ClN2O4S. The van der Waals surface area contributed by atoms with Crippen LogP contribution in [0.4, 0.5) is 5.69 Å². The molecule has 0 aromatic heterocycles. The summed E-state index contributed by atoms with van der Waals surface area (Å²) in [6.45, 7) is 1.44. The number of carbonyl (C=O) groups excluding carboxylic acids is 2. The van der Waals surface area contributed by atoms with E-state index in [0.717, 1.165) is 16.1 Å². The lowest BCUT2D eigenvalue weighted by Gasteiger charge is -2.22. The van der Waals surface area contributed by atoms with Gasteiger partial charge in [-0.3, -0.25) is 13.9 Å². The lowest BCUT2D eigenvalue weighted by atomic mass is 10.1. The van der Waals surface area contributed by atoms with Crippen molar-refractivity contribution < 1.29 is 18.0 Å². The minimum absolute atomic E-state index is 0.181. The second kappa shape index (κ2) is 9.71. The summed E-state index contributed by atoms with van der Waals surface area (Å²) in [6.07, 6.45) is 2.41. The van der Waals surface area contributed by atoms with Crippen molar-refractivity contribution in [3.63, 3.8) is 0 Å². The first-order valence-electron chi connectivity index (χ1n) is 8.77. The number of aryl methyl sites for hydroxylation is 1. The van der Waals surface area contributed by atoms with Gasteiger partial charge in [-0.15, -0.1) is 0 Å². The van der Waals surface area contributed by atoms with E-state index in [4.69, 9.17) is 11.6 Å². The van der Waals surface area contributed by atoms with Gasteiger partial charge in [0, 0.05) is 17.1 Å². The Morgan fingerprint density at radius 3 is 2.46 bits per heavy atom. The van der Waals surface area contributed by atoms with Gasteiger partial charge in [-0.25, -0.2) is 8.42 Å². The highest BCUT2D eigenvalue weighted by molar-refractivity contribution is 7.92. The Bertz CT molecular complexity index is 960. The molecule has 0 spiro atoms. The van der Waals surface area contributed by atoms with E-state index >= 15 is 0 Å². The van der Waals surface area contributed by atoms with Crippen LogP contribution in [0.5, 0.6) is 0 Å². The Morgan fingerprint density at radius 2 is 1.82 bits per heavy atom. The maximum absolute atomic E-state index is 12.3. The molecule has 0 saturated heterocycles. The molecule has 0 fully saturated rings. The number of nitrogens with one attached hydrogen (secondary N) is 1. The molecule has 2 rings (SSSR count). The standard InChI is InChI=1S/C20H23ClN2O4S/c1-15(24)17-8-5-10-18(13-17)23(28(2,26)27)14-20(25)22-12-6-9-16-7-3-4-11-19(16)21/h3-5,7-8,10-11,13H,6,9,12,14H2,1-2H3,(H,22,25). The third-order valence-electron chi connectivity index (χ3n) is 4.13. The van der Waals surface area contributed by atoms with Gasteiger partial charge in [0.25, 0.3) is 0 Å². The van der Waals surface area contributed by atoms with Crippen LogP contribution < -0.4 is 9.62 Å². The normalized spacial score (nSPS) is 11.1. The Morgan fingerprint density at radius 1 is 1.11 bits per heavy atom. The van der Waals surface area contributed by atoms with Gasteiger partial charge in [0.05, 0.1) is 11.9 Å². The van der Waals surface area contributed by atoms with Crippen LogP contribution in [0.1, 0.15) is 29.3 Å². The van der Waals surface area contributed by atoms with Crippen molar-refractivity contribution in [2.24, 2.45) is 0 Å². The van der Waals surface area contributed by atoms with E-state index in [9.17, 15) is 18.0 Å². The molecule has 0 heterocycles. The van der Waals surface area contributed by atoms with Gasteiger partial charge in [0.2, 0.25) is 15.9 Å². The van der Waals surface area contributed by atoms with E-state index in [1.54, 1.807) is 18.2 Å². The Labute approximate surface area is 170 Å². The zero-order valence-corrected chi connectivity index (χ0v) is 17.4. The number of carbonyl (C=O) groups is 2. The van der Waals surface area contributed by atoms with Crippen molar-refractivity contribution in [2.75, 3.05) is 23.7 Å². The van der Waals surface area contributed by atoms with Crippen molar-refractivity contribution in [1.29, 1.82) is 0 Å². The molecule has 1 N–H and O–H groups in total. The molecule has 0 radical (unpaired) electrons. The monoisotopic (exact) mass is 422 g/mol. The maximum atomic E-state index is 12.3. The summed E-state index contributed by atoms with van der Waals surface area (Å²) in [4.78, 5) is 23.8. The number of anilines is 1. The first-order chi connectivity index (χ1) is 13.2. The van der Waals surface area contributed by atoms with E-state index in [1.807, 2.05) is 24.3 Å². The van der Waals surface area contributed by atoms with E-state index in [-0.39, 0.29) is 18.0 Å². The van der Waals surface area contributed by atoms with Crippen molar-refractivity contribution >= 4 is 39.0 Å². The average molecular weight is 423 g/mol.